The van der Waals surface area contributed by atoms with Crippen LogP contribution in [0, 0.1) is 19.3 Å². The number of allylic oxidation sites excluding steroid dienone is 4. The van der Waals surface area contributed by atoms with E-state index in [1.807, 2.05) is 95.3 Å². The number of carbonyl (C=O) groups is 4. The average Bonchev–Trinajstić information content (AvgIpc) is 4.19. The molecule has 376 valence electrons. The summed E-state index contributed by atoms with van der Waals surface area (Å²) in [6.07, 6.45) is 0.874. The maximum Gasteiger partial charge on any atom is 0.246 e. The number of nitrogens with one attached hydrogen (secondary N) is 3. The van der Waals surface area contributed by atoms with Crippen LogP contribution in [0.2, 0.25) is 5.02 Å². The van der Waals surface area contributed by atoms with Crippen LogP contribution in [0.5, 0.6) is 0 Å². The molecule has 6 atom stereocenters. The molecular formula is C56H64ClN9O5S. The minimum atomic E-state index is -0.946. The number of β-amino-alcohol motifs (C(OH)–C–C–N with tert-alkyl or cyclic N) is 1. The number of rotatable bonds is 13. The van der Waals surface area contributed by atoms with Crippen LogP contribution in [0.25, 0.3) is 16.1 Å². The van der Waals surface area contributed by atoms with E-state index in [-0.39, 0.29) is 55.6 Å². The highest BCUT2D eigenvalue weighted by Crippen LogP contribution is 2.42. The van der Waals surface area contributed by atoms with Gasteiger partial charge in [0.1, 0.15) is 23.9 Å². The third kappa shape index (κ3) is 10.6. The average molecular weight is 1010 g/mol. The first-order valence-corrected chi connectivity index (χ1v) is 26.1. The normalized spacial score (nSPS) is 20.7. The number of aromatic nitrogens is 3. The molecule has 2 aromatic heterocycles. The molecular weight excluding hydrogens is 946 g/mol. The number of hydrogen-bond acceptors (Lipinski definition) is 10. The standard InChI is InChI=1S/C56H64ClN9O5S/c1-31-22-24-72-51(31)39-13-11-37(12-14-39)34(4)58-54(70)46-27-43(67)30-65(46)55(71)52(56(6,7)8)61-47(68)26-36-9-19-42(20-10-36)64-23-21-41(29-64)59-48(69)28-44-53-63-62-35(5)66(53)45-25-32(2)33(3)49(45)50(60-44)38-15-17-40(57)18-16-38/h9-20,22,24,34,41,43-44,46,52,67H,21,23,25-30H2,1-8H3,(H,58,70)(H,59,69)(H,61,68)/t34?,41-,43-,44+,46+,52-/m1/s1. The van der Waals surface area contributed by atoms with Crippen LogP contribution in [0.3, 0.4) is 0 Å². The summed E-state index contributed by atoms with van der Waals surface area (Å²) in [5, 5.41) is 31.8. The summed E-state index contributed by atoms with van der Waals surface area (Å²) in [7, 11) is 0. The second-order valence-electron chi connectivity index (χ2n) is 20.9. The zero-order valence-electron chi connectivity index (χ0n) is 42.3. The summed E-state index contributed by atoms with van der Waals surface area (Å²) in [6, 6.07) is 22.8. The minimum absolute atomic E-state index is 0.00740. The number of aliphatic hydroxyl groups is 1. The van der Waals surface area contributed by atoms with Crippen molar-refractivity contribution in [3.8, 4) is 10.4 Å². The van der Waals surface area contributed by atoms with Gasteiger partial charge in [-0.15, -0.1) is 21.5 Å². The van der Waals surface area contributed by atoms with Gasteiger partial charge in [-0.3, -0.25) is 28.7 Å². The molecule has 4 aliphatic rings. The van der Waals surface area contributed by atoms with Gasteiger partial charge in [-0.25, -0.2) is 0 Å². The molecule has 0 bridgehead atoms. The van der Waals surface area contributed by atoms with Crippen molar-refractivity contribution in [1.29, 1.82) is 0 Å². The van der Waals surface area contributed by atoms with Crippen LogP contribution in [0.1, 0.15) is 113 Å². The molecule has 1 unspecified atom stereocenters. The third-order valence-electron chi connectivity index (χ3n) is 14.6. The highest BCUT2D eigenvalue weighted by molar-refractivity contribution is 7.13. The number of aliphatic hydroxyl groups excluding tert-OH is 1. The first-order chi connectivity index (χ1) is 34.3. The van der Waals surface area contributed by atoms with Gasteiger partial charge < -0.3 is 30.9 Å². The zero-order valence-corrected chi connectivity index (χ0v) is 43.8. The van der Waals surface area contributed by atoms with Gasteiger partial charge in [0, 0.05) is 70.9 Å². The highest BCUT2D eigenvalue weighted by atomic mass is 35.5. The van der Waals surface area contributed by atoms with Crippen molar-refractivity contribution < 1.29 is 24.3 Å². The van der Waals surface area contributed by atoms with Crippen LogP contribution in [-0.4, -0.2) is 98.0 Å². The van der Waals surface area contributed by atoms with E-state index in [1.165, 1.54) is 20.9 Å². The molecule has 5 heterocycles. The zero-order chi connectivity index (χ0) is 51.2. The number of benzene rings is 3. The van der Waals surface area contributed by atoms with Crippen LogP contribution < -0.4 is 20.9 Å². The smallest absolute Gasteiger partial charge is 0.246 e. The Morgan fingerprint density at radius 1 is 0.875 bits per heavy atom. The quantitative estimate of drug-likeness (QED) is 0.0909. The number of halogens is 1. The predicted octanol–water partition coefficient (Wildman–Crippen LogP) is 8.47. The Hall–Kier alpha value is -6.42. The lowest BCUT2D eigenvalue weighted by molar-refractivity contribution is -0.144. The summed E-state index contributed by atoms with van der Waals surface area (Å²) in [6.45, 7) is 17.2. The van der Waals surface area contributed by atoms with Gasteiger partial charge in [-0.05, 0) is 110 Å². The first-order valence-electron chi connectivity index (χ1n) is 24.8. The fourth-order valence-corrected chi connectivity index (χ4v) is 11.5. The molecule has 0 radical (unpaired) electrons. The monoisotopic (exact) mass is 1010 g/mol. The van der Waals surface area contributed by atoms with Crippen molar-refractivity contribution in [3.05, 3.63) is 140 Å². The number of anilines is 1. The largest absolute Gasteiger partial charge is 0.391 e. The number of thiophene rings is 1. The number of fused-ring (bicyclic) bond motifs is 2. The van der Waals surface area contributed by atoms with Gasteiger partial charge in [-0.1, -0.05) is 86.5 Å². The Labute approximate surface area is 430 Å². The lowest BCUT2D eigenvalue weighted by Gasteiger charge is -2.35. The molecule has 2 fully saturated rings. The molecule has 3 aliphatic heterocycles. The molecule has 4 N–H and O–H groups in total. The minimum Gasteiger partial charge on any atom is -0.391 e. The van der Waals surface area contributed by atoms with E-state index in [2.05, 4.69) is 80.0 Å². The fraction of sp³-hybridized carbons (Fsp3) is 0.411. The van der Waals surface area contributed by atoms with Crippen molar-refractivity contribution in [2.45, 2.75) is 124 Å². The van der Waals surface area contributed by atoms with Crippen LogP contribution in [-0.2, 0) is 25.6 Å². The summed E-state index contributed by atoms with van der Waals surface area (Å²) in [5.41, 5.74) is 10.6. The Morgan fingerprint density at radius 3 is 2.26 bits per heavy atom. The molecule has 0 spiro atoms. The third-order valence-corrected chi connectivity index (χ3v) is 15.9. The molecule has 9 rings (SSSR count). The maximum atomic E-state index is 14.3. The first kappa shape index (κ1) is 50.5. The van der Waals surface area contributed by atoms with Gasteiger partial charge in [-0.2, -0.15) is 0 Å². The molecule has 16 heteroatoms. The Kier molecular flexibility index (Phi) is 14.5. The summed E-state index contributed by atoms with van der Waals surface area (Å²) in [4.78, 5) is 65.8. The lowest BCUT2D eigenvalue weighted by Crippen LogP contribution is -2.58. The predicted molar refractivity (Wildman–Crippen MR) is 284 cm³/mol. The van der Waals surface area contributed by atoms with Crippen molar-refractivity contribution in [2.24, 2.45) is 10.4 Å². The van der Waals surface area contributed by atoms with Gasteiger partial charge in [0.05, 0.1) is 30.7 Å². The molecule has 3 aromatic carbocycles. The summed E-state index contributed by atoms with van der Waals surface area (Å²) in [5.74, 6) is 0.196. The SMILES string of the molecule is CC1=C(C)C2=C(C1)n1c(C)nnc1[C@H](CC(=O)N[C@@H]1CCN(c3ccc(CC(=O)N[C@H](C(=O)N4C[C@H](O)C[C@H]4C(=O)NC(C)c4ccc(-c5sccc5C)cc4)C(C)(C)C)cc3)C1)N=C2c1ccc(Cl)cc1. The topological polar surface area (TPSA) is 174 Å². The Balaban J connectivity index is 0.798. The van der Waals surface area contributed by atoms with Crippen molar-refractivity contribution in [1.82, 2.24) is 35.6 Å². The van der Waals surface area contributed by atoms with E-state index >= 15 is 0 Å². The van der Waals surface area contributed by atoms with E-state index in [0.29, 0.717) is 17.4 Å². The number of likely N-dealkylation sites (tertiary alicyclic amines) is 1. The fourth-order valence-electron chi connectivity index (χ4n) is 10.5. The molecule has 14 nitrogen and oxygen atoms in total. The van der Waals surface area contributed by atoms with E-state index in [0.717, 1.165) is 75.7 Å². The Morgan fingerprint density at radius 2 is 1.58 bits per heavy atom. The number of amides is 4. The van der Waals surface area contributed by atoms with E-state index < -0.39 is 35.6 Å². The van der Waals surface area contributed by atoms with Crippen LogP contribution >= 0.6 is 22.9 Å². The lowest BCUT2D eigenvalue weighted by atomic mass is 9.85. The maximum absolute atomic E-state index is 14.3. The molecule has 4 amide bonds. The number of aryl methyl sites for hydroxylation is 2. The second kappa shape index (κ2) is 20.6. The van der Waals surface area contributed by atoms with Gasteiger partial charge in [0.2, 0.25) is 23.6 Å². The van der Waals surface area contributed by atoms with Crippen molar-refractivity contribution >= 4 is 63.7 Å². The highest BCUT2D eigenvalue weighted by Gasteiger charge is 2.45. The number of nitrogens with zero attached hydrogens (tertiary/aromatic N) is 6. The summed E-state index contributed by atoms with van der Waals surface area (Å²) >= 11 is 7.98. The number of aliphatic imine (C=N–C) groups is 1. The number of hydrogen-bond donors (Lipinski definition) is 4. The van der Waals surface area contributed by atoms with Gasteiger partial charge in [0.25, 0.3) is 0 Å². The van der Waals surface area contributed by atoms with Gasteiger partial charge >= 0.3 is 0 Å². The van der Waals surface area contributed by atoms with Crippen molar-refractivity contribution in [3.63, 3.8) is 0 Å². The van der Waals surface area contributed by atoms with E-state index in [4.69, 9.17) is 16.6 Å². The summed E-state index contributed by atoms with van der Waals surface area (Å²) < 4.78 is 2.08. The van der Waals surface area contributed by atoms with Crippen LogP contribution in [0.4, 0.5) is 5.69 Å². The number of carbonyl (C=O) groups excluding carboxylic acids is 4. The van der Waals surface area contributed by atoms with Crippen LogP contribution in [0.15, 0.2) is 106 Å². The molecule has 5 aromatic rings. The molecule has 0 saturated carbocycles. The molecule has 1 aliphatic carbocycles. The van der Waals surface area contributed by atoms with Gasteiger partial charge in [0.15, 0.2) is 5.82 Å². The molecule has 2 saturated heterocycles. The Bertz CT molecular complexity index is 2990. The van der Waals surface area contributed by atoms with Crippen molar-refractivity contribution in [2.75, 3.05) is 24.5 Å². The second-order valence-corrected chi connectivity index (χ2v) is 22.3. The van der Waals surface area contributed by atoms with E-state index in [9.17, 15) is 24.3 Å². The molecule has 72 heavy (non-hydrogen) atoms. The van der Waals surface area contributed by atoms with E-state index in [1.54, 1.807) is 11.3 Å².